The van der Waals surface area contributed by atoms with Gasteiger partial charge >= 0.3 is 0 Å². The average molecular weight is 281 g/mol. The van der Waals surface area contributed by atoms with Crippen LogP contribution in [0.2, 0.25) is 0 Å². The van der Waals surface area contributed by atoms with Gasteiger partial charge in [-0.25, -0.2) is 0 Å². The van der Waals surface area contributed by atoms with Crippen LogP contribution in [-0.4, -0.2) is 6.54 Å². The molecule has 1 N–H and O–H groups in total. The fraction of sp³-hybridized carbons (Fsp3) is 0.400. The summed E-state index contributed by atoms with van der Waals surface area (Å²) in [6.45, 7) is 7.78. The quantitative estimate of drug-likeness (QED) is 0.755. The van der Waals surface area contributed by atoms with Crippen LogP contribution < -0.4 is 5.32 Å². The third-order valence-electron chi connectivity index (χ3n) is 3.69. The van der Waals surface area contributed by atoms with E-state index in [0.717, 1.165) is 19.4 Å². The number of benzene rings is 2. The Morgan fingerprint density at radius 3 is 2.05 bits per heavy atom. The molecular weight excluding hydrogens is 254 g/mol. The molecular formula is C20H27N. The van der Waals surface area contributed by atoms with Crippen molar-refractivity contribution in [3.05, 3.63) is 71.3 Å². The van der Waals surface area contributed by atoms with Crippen LogP contribution in [0, 0.1) is 5.92 Å². The van der Waals surface area contributed by atoms with Crippen molar-refractivity contribution in [1.29, 1.82) is 0 Å². The number of hydrogen-bond acceptors (Lipinski definition) is 1. The maximum Gasteiger partial charge on any atom is 0.0576 e. The molecule has 1 unspecified atom stereocenters. The van der Waals surface area contributed by atoms with Crippen molar-refractivity contribution >= 4 is 0 Å². The summed E-state index contributed by atoms with van der Waals surface area (Å²) in [4.78, 5) is 0. The molecule has 0 aliphatic rings. The molecule has 2 rings (SSSR count). The van der Waals surface area contributed by atoms with Gasteiger partial charge in [0.25, 0.3) is 0 Å². The lowest BCUT2D eigenvalue weighted by Crippen LogP contribution is -2.23. The van der Waals surface area contributed by atoms with E-state index in [1.54, 1.807) is 0 Å². The van der Waals surface area contributed by atoms with Crippen LogP contribution in [0.3, 0.4) is 0 Å². The van der Waals surface area contributed by atoms with Gasteiger partial charge in [0.1, 0.15) is 0 Å². The predicted molar refractivity (Wildman–Crippen MR) is 91.6 cm³/mol. The number of hydrogen-bond donors (Lipinski definition) is 1. The Morgan fingerprint density at radius 1 is 0.857 bits per heavy atom. The van der Waals surface area contributed by atoms with Gasteiger partial charge in [0.2, 0.25) is 0 Å². The van der Waals surface area contributed by atoms with Crippen LogP contribution in [0.5, 0.6) is 0 Å². The lowest BCUT2D eigenvalue weighted by Gasteiger charge is -2.20. The number of nitrogens with one attached hydrogen (secondary N) is 1. The Kier molecular flexibility index (Phi) is 6.01. The van der Waals surface area contributed by atoms with E-state index < -0.39 is 0 Å². The van der Waals surface area contributed by atoms with Gasteiger partial charge in [0.15, 0.2) is 0 Å². The van der Waals surface area contributed by atoms with Crippen LogP contribution in [0.1, 0.15) is 49.9 Å². The predicted octanol–water partition coefficient (Wildman–Crippen LogP) is 4.97. The van der Waals surface area contributed by atoms with E-state index >= 15 is 0 Å². The molecule has 0 heterocycles. The van der Waals surface area contributed by atoms with E-state index in [-0.39, 0.29) is 0 Å². The third-order valence-corrected chi connectivity index (χ3v) is 3.69. The van der Waals surface area contributed by atoms with Crippen molar-refractivity contribution in [2.75, 3.05) is 6.54 Å². The molecule has 0 saturated carbocycles. The van der Waals surface area contributed by atoms with Gasteiger partial charge in [-0.05, 0) is 42.0 Å². The van der Waals surface area contributed by atoms with Crippen molar-refractivity contribution in [2.24, 2.45) is 5.92 Å². The van der Waals surface area contributed by atoms with E-state index in [4.69, 9.17) is 0 Å². The SMILES string of the molecule is CCCNC(c1ccccc1)c1ccc(CC(C)C)cc1. The Hall–Kier alpha value is -1.60. The minimum Gasteiger partial charge on any atom is -0.306 e. The van der Waals surface area contributed by atoms with Crippen molar-refractivity contribution in [2.45, 2.75) is 39.7 Å². The van der Waals surface area contributed by atoms with Crippen LogP contribution >= 0.6 is 0 Å². The molecule has 2 aromatic rings. The maximum atomic E-state index is 3.66. The Bertz CT molecular complexity index is 513. The molecule has 0 saturated heterocycles. The Labute approximate surface area is 129 Å². The van der Waals surface area contributed by atoms with Gasteiger partial charge in [0, 0.05) is 0 Å². The fourth-order valence-corrected chi connectivity index (χ4v) is 2.68. The van der Waals surface area contributed by atoms with Gasteiger partial charge in [0.05, 0.1) is 6.04 Å². The summed E-state index contributed by atoms with van der Waals surface area (Å²) in [6.07, 6.45) is 2.30. The summed E-state index contributed by atoms with van der Waals surface area (Å²) in [5.41, 5.74) is 4.11. The molecule has 1 nitrogen and oxygen atoms in total. The molecule has 0 fully saturated rings. The van der Waals surface area contributed by atoms with Crippen molar-refractivity contribution < 1.29 is 0 Å². The lowest BCUT2D eigenvalue weighted by atomic mass is 9.95. The highest BCUT2D eigenvalue weighted by Crippen LogP contribution is 2.23. The van der Waals surface area contributed by atoms with E-state index in [2.05, 4.69) is 80.7 Å². The average Bonchev–Trinajstić information content (AvgIpc) is 2.50. The first kappa shape index (κ1) is 15.8. The second-order valence-electron chi connectivity index (χ2n) is 6.14. The van der Waals surface area contributed by atoms with Gasteiger partial charge in [-0.3, -0.25) is 0 Å². The number of rotatable bonds is 7. The zero-order valence-corrected chi connectivity index (χ0v) is 13.5. The summed E-state index contributed by atoms with van der Waals surface area (Å²) >= 11 is 0. The molecule has 112 valence electrons. The van der Waals surface area contributed by atoms with Crippen LogP contribution in [0.25, 0.3) is 0 Å². The summed E-state index contributed by atoms with van der Waals surface area (Å²) in [6, 6.07) is 20.1. The fourth-order valence-electron chi connectivity index (χ4n) is 2.68. The second kappa shape index (κ2) is 7.99. The highest BCUT2D eigenvalue weighted by Gasteiger charge is 2.12. The third kappa shape index (κ3) is 4.71. The molecule has 2 aromatic carbocycles. The molecule has 0 radical (unpaired) electrons. The minimum absolute atomic E-state index is 0.291. The Morgan fingerprint density at radius 2 is 1.48 bits per heavy atom. The van der Waals surface area contributed by atoms with Gasteiger partial charge in [-0.1, -0.05) is 75.4 Å². The summed E-state index contributed by atoms with van der Waals surface area (Å²) < 4.78 is 0. The first-order valence-electron chi connectivity index (χ1n) is 8.08. The topological polar surface area (TPSA) is 12.0 Å². The minimum atomic E-state index is 0.291. The lowest BCUT2D eigenvalue weighted by molar-refractivity contribution is 0.597. The van der Waals surface area contributed by atoms with E-state index in [9.17, 15) is 0 Å². The van der Waals surface area contributed by atoms with E-state index in [0.29, 0.717) is 12.0 Å². The first-order valence-corrected chi connectivity index (χ1v) is 8.08. The zero-order chi connectivity index (χ0) is 15.1. The summed E-state index contributed by atoms with van der Waals surface area (Å²) in [5, 5.41) is 3.66. The standard InChI is InChI=1S/C20H27N/c1-4-14-21-20(18-8-6-5-7-9-18)19-12-10-17(11-13-19)15-16(2)3/h5-13,16,20-21H,4,14-15H2,1-3H3. The summed E-state index contributed by atoms with van der Waals surface area (Å²) in [5.74, 6) is 0.707. The molecule has 1 atom stereocenters. The van der Waals surface area contributed by atoms with Crippen LogP contribution in [0.15, 0.2) is 54.6 Å². The second-order valence-corrected chi connectivity index (χ2v) is 6.14. The smallest absolute Gasteiger partial charge is 0.0576 e. The van der Waals surface area contributed by atoms with E-state index in [1.807, 2.05) is 0 Å². The van der Waals surface area contributed by atoms with Crippen molar-refractivity contribution in [3.63, 3.8) is 0 Å². The normalized spacial score (nSPS) is 12.6. The molecule has 0 bridgehead atoms. The molecule has 21 heavy (non-hydrogen) atoms. The van der Waals surface area contributed by atoms with Crippen molar-refractivity contribution in [3.8, 4) is 0 Å². The van der Waals surface area contributed by atoms with Crippen molar-refractivity contribution in [1.82, 2.24) is 5.32 Å². The highest BCUT2D eigenvalue weighted by atomic mass is 14.9. The first-order chi connectivity index (χ1) is 10.2. The molecule has 0 aliphatic heterocycles. The molecule has 0 amide bonds. The molecule has 0 aromatic heterocycles. The molecule has 1 heteroatoms. The largest absolute Gasteiger partial charge is 0.306 e. The van der Waals surface area contributed by atoms with Crippen LogP contribution in [-0.2, 0) is 6.42 Å². The van der Waals surface area contributed by atoms with Gasteiger partial charge < -0.3 is 5.32 Å². The highest BCUT2D eigenvalue weighted by molar-refractivity contribution is 5.33. The molecule has 0 spiro atoms. The van der Waals surface area contributed by atoms with Gasteiger partial charge in [-0.15, -0.1) is 0 Å². The monoisotopic (exact) mass is 281 g/mol. The van der Waals surface area contributed by atoms with Crippen LogP contribution in [0.4, 0.5) is 0 Å². The molecule has 0 aliphatic carbocycles. The maximum absolute atomic E-state index is 3.66. The summed E-state index contributed by atoms with van der Waals surface area (Å²) in [7, 11) is 0. The Balaban J connectivity index is 2.20. The van der Waals surface area contributed by atoms with E-state index in [1.165, 1.54) is 16.7 Å². The van der Waals surface area contributed by atoms with Gasteiger partial charge in [-0.2, -0.15) is 0 Å². The zero-order valence-electron chi connectivity index (χ0n) is 13.5.